The average Bonchev–Trinajstić information content (AvgIpc) is 3.20. The molecule has 0 amide bonds. The van der Waals surface area contributed by atoms with E-state index in [1.54, 1.807) is 4.68 Å². The molecule has 1 saturated heterocycles. The minimum atomic E-state index is 0. The van der Waals surface area contributed by atoms with Crippen molar-refractivity contribution in [3.8, 4) is 5.75 Å². The molecule has 3 aromatic rings. The number of aromatic nitrogens is 2. The number of fused-ring (bicyclic) bond motifs is 1. The van der Waals surface area contributed by atoms with Gasteiger partial charge in [0.25, 0.3) is 0 Å². The number of hydrogen-bond donors (Lipinski definition) is 1. The van der Waals surface area contributed by atoms with Crippen molar-refractivity contribution in [1.82, 2.24) is 20.0 Å². The summed E-state index contributed by atoms with van der Waals surface area (Å²) in [4.78, 5) is 6.66. The Bertz CT molecular complexity index is 985. The number of morpholine rings is 1. The topological polar surface area (TPSA) is 63.9 Å². The summed E-state index contributed by atoms with van der Waals surface area (Å²) in [5.41, 5.74) is 1.09. The van der Waals surface area contributed by atoms with Crippen molar-refractivity contribution in [2.24, 2.45) is 12.0 Å². The Morgan fingerprint density at radius 1 is 1.27 bits per heavy atom. The largest absolute Gasteiger partial charge is 0.491 e. The van der Waals surface area contributed by atoms with Gasteiger partial charge in [-0.3, -0.25) is 9.67 Å². The highest BCUT2D eigenvalue weighted by molar-refractivity contribution is 14.0. The second kappa shape index (κ2) is 10.6. The van der Waals surface area contributed by atoms with Gasteiger partial charge in [-0.15, -0.1) is 24.0 Å². The second-order valence-electron chi connectivity index (χ2n) is 7.05. The molecule has 2 aromatic carbocycles. The lowest BCUT2D eigenvalue weighted by Crippen LogP contribution is -2.48. The van der Waals surface area contributed by atoms with Gasteiger partial charge >= 0.3 is 0 Å². The molecule has 2 heterocycles. The third kappa shape index (κ3) is 5.23. The number of aliphatic imine (C=N–C) groups is 1. The number of nitrogens with zero attached hydrogens (tertiary/aromatic N) is 4. The van der Waals surface area contributed by atoms with Crippen LogP contribution in [-0.4, -0.2) is 60.5 Å². The molecule has 4 rings (SSSR count). The zero-order valence-corrected chi connectivity index (χ0v) is 19.7. The first kappa shape index (κ1) is 22.4. The van der Waals surface area contributed by atoms with Crippen LogP contribution in [-0.2, 0) is 11.8 Å². The zero-order chi connectivity index (χ0) is 20.1. The van der Waals surface area contributed by atoms with Gasteiger partial charge in [0.1, 0.15) is 18.5 Å². The quantitative estimate of drug-likeness (QED) is 0.242. The monoisotopic (exact) mass is 521 g/mol. The van der Waals surface area contributed by atoms with Crippen LogP contribution in [0.25, 0.3) is 10.8 Å². The second-order valence-corrected chi connectivity index (χ2v) is 7.05. The van der Waals surface area contributed by atoms with Gasteiger partial charge in [0.2, 0.25) is 0 Å². The van der Waals surface area contributed by atoms with Crippen molar-refractivity contribution < 1.29 is 9.47 Å². The number of benzene rings is 2. The van der Waals surface area contributed by atoms with Crippen LogP contribution in [0.1, 0.15) is 11.7 Å². The van der Waals surface area contributed by atoms with E-state index in [-0.39, 0.29) is 30.1 Å². The van der Waals surface area contributed by atoms with Crippen LogP contribution in [0.5, 0.6) is 5.75 Å². The van der Waals surface area contributed by atoms with Crippen molar-refractivity contribution in [3.05, 3.63) is 60.4 Å². The van der Waals surface area contributed by atoms with Gasteiger partial charge in [0.15, 0.2) is 5.96 Å². The fourth-order valence-corrected chi connectivity index (χ4v) is 3.63. The molecule has 1 fully saturated rings. The minimum Gasteiger partial charge on any atom is -0.491 e. The summed E-state index contributed by atoms with van der Waals surface area (Å²) >= 11 is 0. The molecule has 0 bridgehead atoms. The van der Waals surface area contributed by atoms with Crippen molar-refractivity contribution in [2.75, 3.05) is 39.9 Å². The predicted octanol–water partition coefficient (Wildman–Crippen LogP) is 3.22. The molecule has 1 N–H and O–H groups in total. The van der Waals surface area contributed by atoms with Crippen molar-refractivity contribution in [2.45, 2.75) is 6.10 Å². The number of guanidine groups is 1. The molecule has 1 unspecified atom stereocenters. The van der Waals surface area contributed by atoms with Gasteiger partial charge in [-0.05, 0) is 11.5 Å². The van der Waals surface area contributed by atoms with Crippen molar-refractivity contribution >= 4 is 40.7 Å². The van der Waals surface area contributed by atoms with Crippen molar-refractivity contribution in [1.29, 1.82) is 0 Å². The van der Waals surface area contributed by atoms with E-state index in [9.17, 15) is 0 Å². The van der Waals surface area contributed by atoms with E-state index >= 15 is 0 Å². The summed E-state index contributed by atoms with van der Waals surface area (Å²) < 4.78 is 13.7. The first-order valence-electron chi connectivity index (χ1n) is 9.91. The standard InChI is InChI=1S/C22H27N5O2.HI/c1-23-22(27-11-13-29-21(16-27)18-14-25-26(2)15-18)24-10-12-28-20-9-5-7-17-6-3-4-8-19(17)20;/h3-9,14-15,21H,10-13,16H2,1-2H3,(H,23,24);1H. The van der Waals surface area contributed by atoms with E-state index in [0.717, 1.165) is 35.7 Å². The maximum atomic E-state index is 6.02. The summed E-state index contributed by atoms with van der Waals surface area (Å²) in [6.07, 6.45) is 3.87. The molecule has 0 spiro atoms. The Morgan fingerprint density at radius 3 is 2.90 bits per heavy atom. The van der Waals surface area contributed by atoms with Crippen LogP contribution >= 0.6 is 24.0 Å². The smallest absolute Gasteiger partial charge is 0.193 e. The third-order valence-electron chi connectivity index (χ3n) is 5.07. The van der Waals surface area contributed by atoms with Crippen LogP contribution < -0.4 is 10.1 Å². The van der Waals surface area contributed by atoms with E-state index in [2.05, 4.69) is 38.5 Å². The fraction of sp³-hybridized carbons (Fsp3) is 0.364. The summed E-state index contributed by atoms with van der Waals surface area (Å²) in [5, 5.41) is 9.97. The number of nitrogens with one attached hydrogen (secondary N) is 1. The highest BCUT2D eigenvalue weighted by Crippen LogP contribution is 2.25. The first-order chi connectivity index (χ1) is 14.2. The summed E-state index contributed by atoms with van der Waals surface area (Å²) in [7, 11) is 3.73. The van der Waals surface area contributed by atoms with Crippen LogP contribution in [0, 0.1) is 0 Å². The molecule has 0 aliphatic carbocycles. The maximum absolute atomic E-state index is 6.02. The van der Waals surface area contributed by atoms with Crippen LogP contribution in [0.4, 0.5) is 0 Å². The minimum absolute atomic E-state index is 0. The maximum Gasteiger partial charge on any atom is 0.193 e. The number of halogens is 1. The van der Waals surface area contributed by atoms with E-state index in [1.807, 2.05) is 50.8 Å². The number of ether oxygens (including phenoxy) is 2. The molecule has 0 saturated carbocycles. The van der Waals surface area contributed by atoms with E-state index in [1.165, 1.54) is 5.39 Å². The number of hydrogen-bond acceptors (Lipinski definition) is 4. The summed E-state index contributed by atoms with van der Waals surface area (Å²) in [5.74, 6) is 1.77. The number of aryl methyl sites for hydroxylation is 1. The Kier molecular flexibility index (Phi) is 7.92. The average molecular weight is 521 g/mol. The Hall–Kier alpha value is -2.33. The lowest BCUT2D eigenvalue weighted by atomic mass is 10.1. The van der Waals surface area contributed by atoms with E-state index < -0.39 is 0 Å². The molecule has 1 aliphatic rings. The van der Waals surface area contributed by atoms with Gasteiger partial charge < -0.3 is 19.7 Å². The Balaban J connectivity index is 0.00000256. The molecule has 0 radical (unpaired) electrons. The first-order valence-corrected chi connectivity index (χ1v) is 9.91. The van der Waals surface area contributed by atoms with Gasteiger partial charge in [-0.2, -0.15) is 5.10 Å². The molecule has 30 heavy (non-hydrogen) atoms. The molecule has 8 heteroatoms. The highest BCUT2D eigenvalue weighted by atomic mass is 127. The molecule has 1 aliphatic heterocycles. The summed E-state index contributed by atoms with van der Waals surface area (Å²) in [6, 6.07) is 14.4. The molecular weight excluding hydrogens is 493 g/mol. The molecule has 1 aromatic heterocycles. The van der Waals surface area contributed by atoms with Gasteiger partial charge in [0, 0.05) is 37.8 Å². The number of rotatable bonds is 5. The van der Waals surface area contributed by atoms with Gasteiger partial charge in [0.05, 0.1) is 25.9 Å². The zero-order valence-electron chi connectivity index (χ0n) is 17.3. The van der Waals surface area contributed by atoms with Crippen LogP contribution in [0.3, 0.4) is 0 Å². The highest BCUT2D eigenvalue weighted by Gasteiger charge is 2.25. The van der Waals surface area contributed by atoms with Crippen LogP contribution in [0.15, 0.2) is 59.9 Å². The SMILES string of the molecule is CN=C(NCCOc1cccc2ccccc12)N1CCOC(c2cnn(C)c2)C1.I. The predicted molar refractivity (Wildman–Crippen MR) is 130 cm³/mol. The van der Waals surface area contributed by atoms with E-state index in [4.69, 9.17) is 9.47 Å². The Labute approximate surface area is 194 Å². The van der Waals surface area contributed by atoms with Gasteiger partial charge in [-0.25, -0.2) is 0 Å². The molecular formula is C22H28IN5O2. The Morgan fingerprint density at radius 2 is 2.10 bits per heavy atom. The molecule has 1 atom stereocenters. The lowest BCUT2D eigenvalue weighted by Gasteiger charge is -2.34. The normalized spacial score (nSPS) is 16.9. The van der Waals surface area contributed by atoms with Gasteiger partial charge in [-0.1, -0.05) is 36.4 Å². The van der Waals surface area contributed by atoms with Crippen LogP contribution in [0.2, 0.25) is 0 Å². The molecule has 7 nitrogen and oxygen atoms in total. The molecule has 160 valence electrons. The lowest BCUT2D eigenvalue weighted by molar-refractivity contribution is -0.00805. The van der Waals surface area contributed by atoms with Crippen molar-refractivity contribution in [3.63, 3.8) is 0 Å². The van der Waals surface area contributed by atoms with E-state index in [0.29, 0.717) is 19.8 Å². The fourth-order valence-electron chi connectivity index (χ4n) is 3.63. The third-order valence-corrected chi connectivity index (χ3v) is 5.07. The summed E-state index contributed by atoms with van der Waals surface area (Å²) in [6.45, 7) is 3.44.